The van der Waals surface area contributed by atoms with Gasteiger partial charge in [0.05, 0.1) is 17.4 Å². The summed E-state index contributed by atoms with van der Waals surface area (Å²) in [5.74, 6) is 0.887. The van der Waals surface area contributed by atoms with Gasteiger partial charge in [0.15, 0.2) is 5.69 Å². The van der Waals surface area contributed by atoms with E-state index in [0.29, 0.717) is 36.8 Å². The van der Waals surface area contributed by atoms with Gasteiger partial charge in [-0.15, -0.1) is 0 Å². The number of para-hydroxylation sites is 1. The van der Waals surface area contributed by atoms with Gasteiger partial charge in [0, 0.05) is 31.7 Å². The van der Waals surface area contributed by atoms with Crippen LogP contribution < -0.4 is 15.8 Å². The molecule has 3 atom stereocenters. The second-order valence-corrected chi connectivity index (χ2v) is 11.4. The number of carbonyl (C=O) groups excluding carboxylic acids is 2. The number of carbonyl (C=O) groups is 2. The summed E-state index contributed by atoms with van der Waals surface area (Å²) in [5, 5.41) is 8.31. The van der Waals surface area contributed by atoms with Crippen LogP contribution in [0.1, 0.15) is 55.8 Å². The minimum absolute atomic E-state index is 0.0332. The van der Waals surface area contributed by atoms with Crippen LogP contribution in [0.15, 0.2) is 54.6 Å². The van der Waals surface area contributed by atoms with Gasteiger partial charge >= 0.3 is 6.09 Å². The average molecular weight is 531 g/mol. The monoisotopic (exact) mass is 530 g/mol. The number of nitrogens with two attached hydrogens (primary N) is 1. The number of hydrogen-bond donors (Lipinski definition) is 2. The number of benzene rings is 2. The highest BCUT2D eigenvalue weighted by atomic mass is 16.6. The number of piperidine rings is 1. The largest absolute Gasteiger partial charge is 0.457 e. The number of nitrogens with one attached hydrogen (secondary N) is 1. The number of aromatic nitrogens is 2. The normalized spacial score (nSPS) is 22.3. The molecule has 39 heavy (non-hydrogen) atoms. The Morgan fingerprint density at radius 2 is 1.67 bits per heavy atom. The number of piperazine rings is 1. The number of primary amides is 1. The van der Waals surface area contributed by atoms with Crippen molar-refractivity contribution in [2.75, 3.05) is 25.0 Å². The van der Waals surface area contributed by atoms with Gasteiger partial charge < -0.3 is 25.4 Å². The van der Waals surface area contributed by atoms with Crippen molar-refractivity contribution in [3.8, 4) is 17.2 Å². The Morgan fingerprint density at radius 3 is 2.31 bits per heavy atom. The van der Waals surface area contributed by atoms with E-state index < -0.39 is 11.5 Å². The third-order valence-electron chi connectivity index (χ3n) is 7.50. The van der Waals surface area contributed by atoms with Crippen molar-refractivity contribution in [2.24, 2.45) is 5.73 Å². The third kappa shape index (κ3) is 4.80. The predicted octanol–water partition coefficient (Wildman–Crippen LogP) is 4.31. The molecule has 0 radical (unpaired) electrons. The fraction of sp³-hybridized carbons (Fsp3) is 0.414. The molecule has 4 aliphatic rings. The number of fused-ring (bicyclic) bond motifs is 3. The van der Waals surface area contributed by atoms with Crippen LogP contribution in [0.3, 0.4) is 0 Å². The fourth-order valence-corrected chi connectivity index (χ4v) is 5.92. The Kier molecular flexibility index (Phi) is 6.22. The molecule has 3 unspecified atom stereocenters. The van der Waals surface area contributed by atoms with Gasteiger partial charge in [0.1, 0.15) is 22.8 Å². The maximum atomic E-state index is 12.7. The standard InChI is InChI=1S/C29H34N6O4/c1-29(2,3)39-28(37)33-16-19-15-20(17-33)34(19)23-13-14-31-25-24(23)32-35(26(25)27(30)36)18-9-11-22(12-10-18)38-21-7-5-4-6-8-21/h4-12,19-20,23,31H,13-17H2,1-3H3,(H2,30,36). The lowest BCUT2D eigenvalue weighted by Crippen LogP contribution is -2.70. The van der Waals surface area contributed by atoms with E-state index in [9.17, 15) is 9.59 Å². The molecular weight excluding hydrogens is 496 g/mol. The van der Waals surface area contributed by atoms with E-state index in [1.807, 2.05) is 80.3 Å². The van der Waals surface area contributed by atoms with E-state index in [-0.39, 0.29) is 24.2 Å². The Labute approximate surface area is 227 Å². The summed E-state index contributed by atoms with van der Waals surface area (Å²) in [6.45, 7) is 7.60. The van der Waals surface area contributed by atoms with Crippen LogP contribution >= 0.6 is 0 Å². The third-order valence-corrected chi connectivity index (χ3v) is 7.50. The van der Waals surface area contributed by atoms with E-state index in [4.69, 9.17) is 20.3 Å². The van der Waals surface area contributed by atoms with E-state index in [2.05, 4.69) is 10.2 Å². The van der Waals surface area contributed by atoms with Gasteiger partial charge in [-0.1, -0.05) is 18.2 Å². The van der Waals surface area contributed by atoms with E-state index >= 15 is 0 Å². The van der Waals surface area contributed by atoms with Crippen LogP contribution in [0.2, 0.25) is 0 Å². The lowest BCUT2D eigenvalue weighted by Gasteiger charge is -2.59. The average Bonchev–Trinajstić information content (AvgIpc) is 3.30. The molecule has 3 N–H and O–H groups in total. The van der Waals surface area contributed by atoms with Crippen LogP contribution in [-0.2, 0) is 4.74 Å². The van der Waals surface area contributed by atoms with Crippen molar-refractivity contribution in [1.82, 2.24) is 19.6 Å². The van der Waals surface area contributed by atoms with Crippen molar-refractivity contribution < 1.29 is 19.1 Å². The number of nitrogens with zero attached hydrogens (tertiary/aromatic N) is 4. The summed E-state index contributed by atoms with van der Waals surface area (Å²) in [6, 6.07) is 17.5. The van der Waals surface area contributed by atoms with Crippen molar-refractivity contribution in [3.05, 3.63) is 66.0 Å². The van der Waals surface area contributed by atoms with Gasteiger partial charge in [-0.25, -0.2) is 9.48 Å². The summed E-state index contributed by atoms with van der Waals surface area (Å²) >= 11 is 0. The van der Waals surface area contributed by atoms with Gasteiger partial charge in [-0.05, 0) is 70.0 Å². The molecule has 2 aromatic carbocycles. The Hall–Kier alpha value is -4.05. The van der Waals surface area contributed by atoms with Crippen molar-refractivity contribution >= 4 is 17.7 Å². The molecule has 204 valence electrons. The van der Waals surface area contributed by atoms with Crippen LogP contribution in [-0.4, -0.2) is 68.9 Å². The lowest BCUT2D eigenvalue weighted by molar-refractivity contribution is -0.0997. The summed E-state index contributed by atoms with van der Waals surface area (Å²) < 4.78 is 13.1. The van der Waals surface area contributed by atoms with Gasteiger partial charge in [-0.2, -0.15) is 5.10 Å². The second kappa shape index (κ2) is 9.60. The number of hydrogen-bond acceptors (Lipinski definition) is 7. The van der Waals surface area contributed by atoms with Crippen molar-refractivity contribution in [3.63, 3.8) is 0 Å². The smallest absolute Gasteiger partial charge is 0.410 e. The zero-order chi connectivity index (χ0) is 27.3. The first-order valence-corrected chi connectivity index (χ1v) is 13.4. The minimum atomic E-state index is -0.540. The number of anilines is 1. The Bertz CT molecular complexity index is 1370. The SMILES string of the molecule is CC(C)(C)OC(=O)N1CC2CC(C1)N2C1CCNc2c1nn(-c1ccc(Oc3ccccc3)cc1)c2C(N)=O. The predicted molar refractivity (Wildman–Crippen MR) is 146 cm³/mol. The van der Waals surface area contributed by atoms with Crippen LogP contribution in [0.25, 0.3) is 5.69 Å². The van der Waals surface area contributed by atoms with Crippen LogP contribution in [0, 0.1) is 0 Å². The van der Waals surface area contributed by atoms with Gasteiger partial charge in [0.2, 0.25) is 0 Å². The molecule has 5 heterocycles. The Balaban J connectivity index is 1.24. The molecule has 3 fully saturated rings. The molecule has 10 nitrogen and oxygen atoms in total. The topological polar surface area (TPSA) is 115 Å². The summed E-state index contributed by atoms with van der Waals surface area (Å²) in [7, 11) is 0. The zero-order valence-corrected chi connectivity index (χ0v) is 22.5. The van der Waals surface area contributed by atoms with E-state index in [1.54, 1.807) is 4.68 Å². The summed E-state index contributed by atoms with van der Waals surface area (Å²) in [4.78, 5) is 29.6. The van der Waals surface area contributed by atoms with Crippen LogP contribution in [0.4, 0.5) is 10.5 Å². The summed E-state index contributed by atoms with van der Waals surface area (Å²) in [5.41, 5.74) is 7.93. The minimum Gasteiger partial charge on any atom is -0.457 e. The maximum Gasteiger partial charge on any atom is 0.410 e. The molecule has 2 amide bonds. The lowest BCUT2D eigenvalue weighted by atomic mass is 9.83. The molecule has 2 bridgehead atoms. The molecule has 10 heteroatoms. The van der Waals surface area contributed by atoms with Crippen molar-refractivity contribution in [1.29, 1.82) is 0 Å². The number of amides is 2. The number of ether oxygens (including phenoxy) is 2. The highest BCUT2D eigenvalue weighted by molar-refractivity contribution is 5.98. The molecule has 3 saturated heterocycles. The van der Waals surface area contributed by atoms with Gasteiger partial charge in [-0.3, -0.25) is 9.69 Å². The first kappa shape index (κ1) is 25.2. The first-order valence-electron chi connectivity index (χ1n) is 13.4. The highest BCUT2D eigenvalue weighted by Gasteiger charge is 2.51. The summed E-state index contributed by atoms with van der Waals surface area (Å²) in [6.07, 6.45) is 1.62. The highest BCUT2D eigenvalue weighted by Crippen LogP contribution is 2.45. The Morgan fingerprint density at radius 1 is 1.00 bits per heavy atom. The quantitative estimate of drug-likeness (QED) is 0.505. The molecule has 0 aliphatic carbocycles. The molecular formula is C29H34N6O4. The first-order chi connectivity index (χ1) is 18.7. The fourth-order valence-electron chi connectivity index (χ4n) is 5.92. The molecule has 1 aromatic heterocycles. The van der Waals surface area contributed by atoms with E-state index in [0.717, 1.165) is 30.0 Å². The molecule has 4 aliphatic heterocycles. The molecule has 7 rings (SSSR count). The molecule has 3 aromatic rings. The second-order valence-electron chi connectivity index (χ2n) is 11.4. The zero-order valence-electron chi connectivity index (χ0n) is 22.5. The molecule has 0 saturated carbocycles. The van der Waals surface area contributed by atoms with E-state index in [1.165, 1.54) is 0 Å². The number of rotatable bonds is 5. The van der Waals surface area contributed by atoms with Crippen LogP contribution in [0.5, 0.6) is 11.5 Å². The van der Waals surface area contributed by atoms with Crippen molar-refractivity contribution in [2.45, 2.75) is 57.3 Å². The molecule has 0 spiro atoms. The van der Waals surface area contributed by atoms with Gasteiger partial charge in [0.25, 0.3) is 5.91 Å². The maximum absolute atomic E-state index is 12.7.